The number of aromatic nitrogens is 2. The van der Waals surface area contributed by atoms with Crippen LogP contribution in [0, 0.1) is 6.92 Å². The largest absolute Gasteiger partial charge is 0.355 e. The molecule has 0 unspecified atom stereocenters. The highest BCUT2D eigenvalue weighted by molar-refractivity contribution is 7.13. The third-order valence-electron chi connectivity index (χ3n) is 6.35. The quantitative estimate of drug-likeness (QED) is 0.457. The Balaban J connectivity index is 1.12. The Kier molecular flexibility index (Phi) is 6.21. The summed E-state index contributed by atoms with van der Waals surface area (Å²) in [5.41, 5.74) is 3.11. The Hall–Kier alpha value is -2.74. The minimum absolute atomic E-state index is 0.0901. The molecule has 0 bridgehead atoms. The lowest BCUT2D eigenvalue weighted by Gasteiger charge is -2.32. The Labute approximate surface area is 191 Å². The Morgan fingerprint density at radius 3 is 2.78 bits per heavy atom. The van der Waals surface area contributed by atoms with Crippen LogP contribution in [0.3, 0.4) is 0 Å². The molecule has 0 spiro atoms. The molecule has 1 N–H and O–H groups in total. The molecule has 166 valence electrons. The third-order valence-corrected chi connectivity index (χ3v) is 7.23. The molecule has 0 atom stereocenters. The number of rotatable bonds is 7. The standard InChI is InChI=1S/C25H28N4O2S/c1-18-15-25(30)29(22-6-3-2-5-21(18)22)13-12-28-10-8-19(9-11-28)26-17-20-16-23(31-27-20)24-7-4-14-32-24/h2-7,14-16,19,26H,8-13,17H2,1H3. The van der Waals surface area contributed by atoms with Crippen molar-refractivity contribution in [2.45, 2.75) is 38.9 Å². The second-order valence-corrected chi connectivity index (χ2v) is 9.44. The molecule has 1 aliphatic heterocycles. The van der Waals surface area contributed by atoms with Crippen molar-refractivity contribution in [3.8, 4) is 10.6 Å². The summed E-state index contributed by atoms with van der Waals surface area (Å²) in [7, 11) is 0. The first-order chi connectivity index (χ1) is 15.7. The van der Waals surface area contributed by atoms with Crippen molar-refractivity contribution in [2.75, 3.05) is 19.6 Å². The molecule has 6 nitrogen and oxygen atoms in total. The number of piperidine rings is 1. The number of benzene rings is 1. The molecule has 0 saturated carbocycles. The molecule has 1 aromatic carbocycles. The molecule has 0 radical (unpaired) electrons. The fourth-order valence-electron chi connectivity index (χ4n) is 4.51. The van der Waals surface area contributed by atoms with Crippen LogP contribution in [0.15, 0.2) is 63.2 Å². The van der Waals surface area contributed by atoms with Gasteiger partial charge in [-0.15, -0.1) is 11.3 Å². The van der Waals surface area contributed by atoms with Gasteiger partial charge in [0.25, 0.3) is 5.56 Å². The molecule has 1 fully saturated rings. The Morgan fingerprint density at radius 2 is 1.97 bits per heavy atom. The number of hydrogen-bond donors (Lipinski definition) is 1. The lowest BCUT2D eigenvalue weighted by molar-refractivity contribution is 0.191. The van der Waals surface area contributed by atoms with Crippen molar-refractivity contribution in [1.29, 1.82) is 0 Å². The van der Waals surface area contributed by atoms with Crippen LogP contribution in [-0.2, 0) is 13.1 Å². The summed E-state index contributed by atoms with van der Waals surface area (Å²) in [6.07, 6.45) is 2.19. The van der Waals surface area contributed by atoms with Gasteiger partial charge in [0.1, 0.15) is 0 Å². The van der Waals surface area contributed by atoms with Gasteiger partial charge in [-0.1, -0.05) is 29.4 Å². The maximum absolute atomic E-state index is 12.6. The predicted octanol–water partition coefficient (Wildman–Crippen LogP) is 4.28. The minimum Gasteiger partial charge on any atom is -0.355 e. The maximum Gasteiger partial charge on any atom is 0.251 e. The maximum atomic E-state index is 12.6. The summed E-state index contributed by atoms with van der Waals surface area (Å²) in [6, 6.07) is 16.5. The van der Waals surface area contributed by atoms with Gasteiger partial charge < -0.3 is 19.3 Å². The molecule has 1 saturated heterocycles. The highest BCUT2D eigenvalue weighted by atomic mass is 32.1. The summed E-state index contributed by atoms with van der Waals surface area (Å²) in [5.74, 6) is 0.838. The van der Waals surface area contributed by atoms with Crippen molar-refractivity contribution in [3.63, 3.8) is 0 Å². The summed E-state index contributed by atoms with van der Waals surface area (Å²) < 4.78 is 7.39. The van der Waals surface area contributed by atoms with Crippen LogP contribution >= 0.6 is 11.3 Å². The average molecular weight is 449 g/mol. The van der Waals surface area contributed by atoms with Gasteiger partial charge in [0.2, 0.25) is 0 Å². The molecule has 7 heteroatoms. The molecule has 0 aliphatic carbocycles. The smallest absolute Gasteiger partial charge is 0.251 e. The van der Waals surface area contributed by atoms with Crippen LogP contribution < -0.4 is 10.9 Å². The molecule has 4 aromatic rings. The van der Waals surface area contributed by atoms with Gasteiger partial charge in [-0.2, -0.15) is 0 Å². The number of thiophene rings is 1. The SMILES string of the molecule is Cc1cc(=O)n(CCN2CCC(NCc3cc(-c4cccs4)on3)CC2)c2ccccc12. The Bertz CT molecular complexity index is 1240. The number of pyridine rings is 1. The lowest BCUT2D eigenvalue weighted by Crippen LogP contribution is -2.43. The van der Waals surface area contributed by atoms with E-state index in [1.54, 1.807) is 17.4 Å². The molecular weight excluding hydrogens is 420 g/mol. The molecule has 32 heavy (non-hydrogen) atoms. The van der Waals surface area contributed by atoms with Gasteiger partial charge in [-0.25, -0.2) is 0 Å². The number of hydrogen-bond acceptors (Lipinski definition) is 6. The Morgan fingerprint density at radius 1 is 1.12 bits per heavy atom. The van der Waals surface area contributed by atoms with E-state index < -0.39 is 0 Å². The first kappa shape index (κ1) is 21.1. The number of fused-ring (bicyclic) bond motifs is 1. The van der Waals surface area contributed by atoms with Crippen molar-refractivity contribution in [3.05, 3.63) is 75.5 Å². The summed E-state index contributed by atoms with van der Waals surface area (Å²) >= 11 is 1.66. The van der Waals surface area contributed by atoms with Gasteiger partial charge in [-0.3, -0.25) is 4.79 Å². The summed E-state index contributed by atoms with van der Waals surface area (Å²) in [4.78, 5) is 16.2. The van der Waals surface area contributed by atoms with E-state index in [-0.39, 0.29) is 5.56 Å². The van der Waals surface area contributed by atoms with E-state index in [2.05, 4.69) is 21.4 Å². The molecule has 3 aromatic heterocycles. The highest BCUT2D eigenvalue weighted by Crippen LogP contribution is 2.25. The van der Waals surface area contributed by atoms with Crippen molar-refractivity contribution < 1.29 is 4.52 Å². The molecule has 4 heterocycles. The van der Waals surface area contributed by atoms with Crippen LogP contribution in [0.2, 0.25) is 0 Å². The topological polar surface area (TPSA) is 63.3 Å². The second-order valence-electron chi connectivity index (χ2n) is 8.49. The number of nitrogens with zero attached hydrogens (tertiary/aromatic N) is 3. The van der Waals surface area contributed by atoms with Gasteiger partial charge in [0.15, 0.2) is 5.76 Å². The fraction of sp³-hybridized carbons (Fsp3) is 0.360. The average Bonchev–Trinajstić information content (AvgIpc) is 3.50. The second kappa shape index (κ2) is 9.40. The zero-order chi connectivity index (χ0) is 21.9. The van der Waals surface area contributed by atoms with E-state index in [1.807, 2.05) is 53.3 Å². The molecule has 5 rings (SSSR count). The summed E-state index contributed by atoms with van der Waals surface area (Å²) in [6.45, 7) is 6.43. The van der Waals surface area contributed by atoms with Crippen molar-refractivity contribution >= 4 is 22.2 Å². The van der Waals surface area contributed by atoms with Crippen molar-refractivity contribution in [2.24, 2.45) is 0 Å². The van der Waals surface area contributed by atoms with Gasteiger partial charge >= 0.3 is 0 Å². The third kappa shape index (κ3) is 4.55. The van der Waals surface area contributed by atoms with E-state index in [4.69, 9.17) is 4.52 Å². The summed E-state index contributed by atoms with van der Waals surface area (Å²) in [5, 5.41) is 11.0. The normalized spacial score (nSPS) is 15.5. The zero-order valence-corrected chi connectivity index (χ0v) is 19.1. The number of likely N-dealkylation sites (tertiary alicyclic amines) is 1. The van der Waals surface area contributed by atoms with Crippen LogP contribution in [0.25, 0.3) is 21.5 Å². The number of nitrogens with one attached hydrogen (secondary N) is 1. The van der Waals surface area contributed by atoms with E-state index >= 15 is 0 Å². The zero-order valence-electron chi connectivity index (χ0n) is 18.3. The van der Waals surface area contributed by atoms with E-state index in [0.717, 1.165) is 78.4 Å². The van der Waals surface area contributed by atoms with Crippen LogP contribution in [0.1, 0.15) is 24.1 Å². The predicted molar refractivity (Wildman–Crippen MR) is 129 cm³/mol. The van der Waals surface area contributed by atoms with E-state index in [0.29, 0.717) is 6.04 Å². The fourth-order valence-corrected chi connectivity index (χ4v) is 5.19. The van der Waals surface area contributed by atoms with Crippen molar-refractivity contribution in [1.82, 2.24) is 19.9 Å². The van der Waals surface area contributed by atoms with Gasteiger partial charge in [-0.05, 0) is 55.9 Å². The molecular formula is C25H28N4O2S. The minimum atomic E-state index is 0.0901. The van der Waals surface area contributed by atoms with E-state index in [1.165, 1.54) is 0 Å². The van der Waals surface area contributed by atoms with Gasteiger partial charge in [0.05, 0.1) is 16.1 Å². The van der Waals surface area contributed by atoms with Crippen LogP contribution in [-0.4, -0.2) is 40.3 Å². The van der Waals surface area contributed by atoms with Crippen LogP contribution in [0.5, 0.6) is 0 Å². The lowest BCUT2D eigenvalue weighted by atomic mass is 10.0. The first-order valence-electron chi connectivity index (χ1n) is 11.2. The van der Waals surface area contributed by atoms with E-state index in [9.17, 15) is 4.79 Å². The highest BCUT2D eigenvalue weighted by Gasteiger charge is 2.19. The number of para-hydroxylation sites is 1. The molecule has 0 amide bonds. The first-order valence-corrected chi connectivity index (χ1v) is 12.1. The number of aryl methyl sites for hydroxylation is 1. The van der Waals surface area contributed by atoms with Crippen LogP contribution in [0.4, 0.5) is 0 Å². The van der Waals surface area contributed by atoms with Gasteiger partial charge in [0, 0.05) is 43.2 Å². The monoisotopic (exact) mass is 448 g/mol. The molecule has 1 aliphatic rings.